The van der Waals surface area contributed by atoms with Crippen LogP contribution in [-0.4, -0.2) is 44.9 Å². The summed E-state index contributed by atoms with van der Waals surface area (Å²) in [6.45, 7) is 2.66. The van der Waals surface area contributed by atoms with Crippen molar-refractivity contribution >= 4 is 33.2 Å². The van der Waals surface area contributed by atoms with Crippen molar-refractivity contribution in [2.75, 3.05) is 19.7 Å². The molecule has 0 bridgehead atoms. The first kappa shape index (κ1) is 19.5. The van der Waals surface area contributed by atoms with Crippen molar-refractivity contribution in [2.45, 2.75) is 24.8 Å². The number of nitrogens with zero attached hydrogens (tertiary/aromatic N) is 1. The molecule has 1 amide bonds. The molecular formula is C18H20N2O5S2. The van der Waals surface area contributed by atoms with Gasteiger partial charge in [0.2, 0.25) is 10.0 Å². The highest BCUT2D eigenvalue weighted by Gasteiger charge is 2.23. The minimum atomic E-state index is -3.67. The second kappa shape index (κ2) is 8.20. The van der Waals surface area contributed by atoms with Crippen molar-refractivity contribution < 1.29 is 22.7 Å². The van der Waals surface area contributed by atoms with Crippen LogP contribution in [0.15, 0.2) is 40.6 Å². The third-order valence-electron chi connectivity index (χ3n) is 4.20. The SMILES string of the molecule is CCNS(=O)(=O)c1cccc(C(=O)OCC(=O)N2CCc3sccc3C2)c1. The second-order valence-corrected chi connectivity index (χ2v) is 8.81. The van der Waals surface area contributed by atoms with Gasteiger partial charge in [-0.15, -0.1) is 11.3 Å². The van der Waals surface area contributed by atoms with Crippen LogP contribution in [0.2, 0.25) is 0 Å². The normalized spacial score (nSPS) is 13.9. The fraction of sp³-hybridized carbons (Fsp3) is 0.333. The predicted octanol–water partition coefficient (Wildman–Crippen LogP) is 1.79. The van der Waals surface area contributed by atoms with Gasteiger partial charge in [-0.05, 0) is 41.6 Å². The molecule has 0 aliphatic carbocycles. The van der Waals surface area contributed by atoms with Crippen molar-refractivity contribution in [3.8, 4) is 0 Å². The summed E-state index contributed by atoms with van der Waals surface area (Å²) in [5.41, 5.74) is 1.22. The molecule has 0 fully saturated rings. The van der Waals surface area contributed by atoms with E-state index in [1.807, 2.05) is 11.4 Å². The third-order valence-corrected chi connectivity index (χ3v) is 6.77. The zero-order valence-corrected chi connectivity index (χ0v) is 16.4. The number of carbonyl (C=O) groups excluding carboxylic acids is 2. The lowest BCUT2D eigenvalue weighted by Crippen LogP contribution is -2.38. The van der Waals surface area contributed by atoms with E-state index in [4.69, 9.17) is 4.74 Å². The van der Waals surface area contributed by atoms with E-state index < -0.39 is 16.0 Å². The van der Waals surface area contributed by atoms with Crippen molar-refractivity contribution in [3.63, 3.8) is 0 Å². The topological polar surface area (TPSA) is 92.8 Å². The van der Waals surface area contributed by atoms with Crippen LogP contribution >= 0.6 is 11.3 Å². The molecular weight excluding hydrogens is 388 g/mol. The first-order chi connectivity index (χ1) is 12.9. The van der Waals surface area contributed by atoms with Gasteiger partial charge in [0.05, 0.1) is 10.5 Å². The molecule has 1 aromatic carbocycles. The van der Waals surface area contributed by atoms with Gasteiger partial charge >= 0.3 is 5.97 Å². The molecule has 2 heterocycles. The van der Waals surface area contributed by atoms with Crippen molar-refractivity contribution in [1.29, 1.82) is 0 Å². The van der Waals surface area contributed by atoms with Crippen LogP contribution in [-0.2, 0) is 32.5 Å². The van der Waals surface area contributed by atoms with Crippen molar-refractivity contribution in [3.05, 3.63) is 51.7 Å². The Hall–Kier alpha value is -2.23. The van der Waals surface area contributed by atoms with E-state index in [0.717, 1.165) is 12.0 Å². The number of ether oxygens (including phenoxy) is 1. The third kappa shape index (κ3) is 4.55. The lowest BCUT2D eigenvalue weighted by atomic mass is 10.1. The standard InChI is InChI=1S/C18H20N2O5S2/c1-2-19-27(23,24)15-5-3-4-13(10-15)18(22)25-12-17(21)20-8-6-16-14(11-20)7-9-26-16/h3-5,7,9-10,19H,2,6,8,11-12H2,1H3. The van der Waals surface area contributed by atoms with Crippen LogP contribution in [0.4, 0.5) is 0 Å². The first-order valence-electron chi connectivity index (χ1n) is 8.50. The van der Waals surface area contributed by atoms with Gasteiger partial charge in [-0.3, -0.25) is 4.79 Å². The average molecular weight is 409 g/mol. The van der Waals surface area contributed by atoms with Gasteiger partial charge in [-0.2, -0.15) is 0 Å². The Kier molecular flexibility index (Phi) is 5.93. The Morgan fingerprint density at radius 3 is 2.89 bits per heavy atom. The van der Waals surface area contributed by atoms with E-state index in [1.54, 1.807) is 23.2 Å². The molecule has 0 saturated carbocycles. The lowest BCUT2D eigenvalue weighted by molar-refractivity contribution is -0.135. The second-order valence-electron chi connectivity index (χ2n) is 6.04. The zero-order valence-electron chi connectivity index (χ0n) is 14.8. The number of hydrogen-bond acceptors (Lipinski definition) is 6. The van der Waals surface area contributed by atoms with Crippen LogP contribution in [0.25, 0.3) is 0 Å². The molecule has 1 aliphatic rings. The minimum Gasteiger partial charge on any atom is -0.452 e. The molecule has 9 heteroatoms. The predicted molar refractivity (Wildman–Crippen MR) is 101 cm³/mol. The largest absolute Gasteiger partial charge is 0.452 e. The molecule has 7 nitrogen and oxygen atoms in total. The number of hydrogen-bond donors (Lipinski definition) is 1. The highest BCUT2D eigenvalue weighted by molar-refractivity contribution is 7.89. The van der Waals surface area contributed by atoms with Crippen LogP contribution in [0, 0.1) is 0 Å². The summed E-state index contributed by atoms with van der Waals surface area (Å²) in [5.74, 6) is -0.998. The molecule has 3 rings (SSSR count). The Labute approximate surface area is 162 Å². The number of nitrogens with one attached hydrogen (secondary N) is 1. The van der Waals surface area contributed by atoms with E-state index in [-0.39, 0.29) is 29.5 Å². The van der Waals surface area contributed by atoms with Crippen LogP contribution in [0.3, 0.4) is 0 Å². The Bertz CT molecular complexity index is 952. The number of fused-ring (bicyclic) bond motifs is 1. The fourth-order valence-corrected chi connectivity index (χ4v) is 4.80. The zero-order chi connectivity index (χ0) is 19.4. The minimum absolute atomic E-state index is 0.0221. The van der Waals surface area contributed by atoms with Crippen molar-refractivity contribution in [2.24, 2.45) is 0 Å². The number of carbonyl (C=O) groups is 2. The Morgan fingerprint density at radius 2 is 2.11 bits per heavy atom. The summed E-state index contributed by atoms with van der Waals surface area (Å²) >= 11 is 1.68. The highest BCUT2D eigenvalue weighted by Crippen LogP contribution is 2.24. The summed E-state index contributed by atoms with van der Waals surface area (Å²) in [5, 5.41) is 2.01. The maximum atomic E-state index is 12.3. The summed E-state index contributed by atoms with van der Waals surface area (Å²) in [6.07, 6.45) is 0.803. The van der Waals surface area contributed by atoms with Gasteiger partial charge in [0.25, 0.3) is 5.91 Å². The first-order valence-corrected chi connectivity index (χ1v) is 10.9. The molecule has 0 atom stereocenters. The molecule has 27 heavy (non-hydrogen) atoms. The van der Waals surface area contributed by atoms with E-state index in [2.05, 4.69) is 4.72 Å². The number of esters is 1. The van der Waals surface area contributed by atoms with Gasteiger partial charge < -0.3 is 9.64 Å². The number of amides is 1. The number of sulfonamides is 1. The number of benzene rings is 1. The molecule has 0 saturated heterocycles. The summed E-state index contributed by atoms with van der Waals surface area (Å²) in [6, 6.07) is 7.55. The molecule has 144 valence electrons. The molecule has 0 radical (unpaired) electrons. The molecule has 0 spiro atoms. The van der Waals surface area contributed by atoms with Gasteiger partial charge in [-0.1, -0.05) is 13.0 Å². The van der Waals surface area contributed by atoms with Gasteiger partial charge in [0.15, 0.2) is 6.61 Å². The van der Waals surface area contributed by atoms with Crippen LogP contribution in [0.5, 0.6) is 0 Å². The Morgan fingerprint density at radius 1 is 1.30 bits per heavy atom. The highest BCUT2D eigenvalue weighted by atomic mass is 32.2. The van der Waals surface area contributed by atoms with E-state index in [9.17, 15) is 18.0 Å². The van der Waals surface area contributed by atoms with Gasteiger partial charge in [0, 0.05) is 24.5 Å². The van der Waals surface area contributed by atoms with Crippen LogP contribution in [0.1, 0.15) is 27.7 Å². The smallest absolute Gasteiger partial charge is 0.338 e. The number of rotatable bonds is 6. The van der Waals surface area contributed by atoms with E-state index in [1.165, 1.54) is 29.1 Å². The Balaban J connectivity index is 1.60. The summed E-state index contributed by atoms with van der Waals surface area (Å²) < 4.78 is 31.5. The molecule has 1 aliphatic heterocycles. The number of thiophene rings is 1. The lowest BCUT2D eigenvalue weighted by Gasteiger charge is -2.26. The quantitative estimate of drug-likeness (QED) is 0.736. The van der Waals surface area contributed by atoms with Gasteiger partial charge in [-0.25, -0.2) is 17.9 Å². The van der Waals surface area contributed by atoms with E-state index in [0.29, 0.717) is 13.1 Å². The summed E-state index contributed by atoms with van der Waals surface area (Å²) in [4.78, 5) is 27.5. The molecule has 1 aromatic heterocycles. The maximum absolute atomic E-state index is 12.3. The van der Waals surface area contributed by atoms with Gasteiger partial charge in [0.1, 0.15) is 0 Å². The van der Waals surface area contributed by atoms with Crippen LogP contribution < -0.4 is 4.72 Å². The molecule has 0 unspecified atom stereocenters. The van der Waals surface area contributed by atoms with E-state index >= 15 is 0 Å². The maximum Gasteiger partial charge on any atom is 0.338 e. The monoisotopic (exact) mass is 408 g/mol. The summed E-state index contributed by atoms with van der Waals surface area (Å²) in [7, 11) is -3.67. The van der Waals surface area contributed by atoms with Crippen molar-refractivity contribution in [1.82, 2.24) is 9.62 Å². The molecule has 1 N–H and O–H groups in total. The fourth-order valence-electron chi connectivity index (χ4n) is 2.83. The average Bonchev–Trinajstić information content (AvgIpc) is 3.13. The molecule has 2 aromatic rings.